The first-order valence-electron chi connectivity index (χ1n) is 5.18. The zero-order valence-corrected chi connectivity index (χ0v) is 9.30. The van der Waals surface area contributed by atoms with Gasteiger partial charge in [-0.2, -0.15) is 0 Å². The van der Waals surface area contributed by atoms with Gasteiger partial charge in [0.25, 0.3) is 0 Å². The molecule has 0 aliphatic carbocycles. The Hall–Kier alpha value is -0.370. The molecule has 2 nitrogen and oxygen atoms in total. The Morgan fingerprint density at radius 1 is 1.23 bits per heavy atom. The van der Waals surface area contributed by atoms with Crippen LogP contribution in [0.25, 0.3) is 0 Å². The summed E-state index contributed by atoms with van der Waals surface area (Å²) >= 11 is 0. The van der Waals surface area contributed by atoms with Gasteiger partial charge >= 0.3 is 0 Å². The molecule has 13 heavy (non-hydrogen) atoms. The molecule has 1 atom stereocenters. The van der Waals surface area contributed by atoms with Crippen LogP contribution in [0.1, 0.15) is 46.5 Å². The molecule has 0 fully saturated rings. The summed E-state index contributed by atoms with van der Waals surface area (Å²) in [6.07, 6.45) is 3.56. The fourth-order valence-corrected chi connectivity index (χ4v) is 1.39. The lowest BCUT2D eigenvalue weighted by molar-refractivity contribution is -0.122. The highest BCUT2D eigenvalue weighted by Gasteiger charge is 2.12. The summed E-state index contributed by atoms with van der Waals surface area (Å²) in [5.74, 6) is 0.902. The van der Waals surface area contributed by atoms with Crippen molar-refractivity contribution in [2.24, 2.45) is 5.92 Å². The van der Waals surface area contributed by atoms with Crippen molar-refractivity contribution in [3.05, 3.63) is 0 Å². The Morgan fingerprint density at radius 3 is 2.15 bits per heavy atom. The molecule has 0 aromatic carbocycles. The zero-order valence-electron chi connectivity index (χ0n) is 9.30. The standard InChI is InChI=1S/C11H22O2/c1-5-10(6-2)8-11(12)7-9(3)13-4/h9-10H,5-8H2,1-4H3. The van der Waals surface area contributed by atoms with Crippen LogP contribution in [-0.2, 0) is 9.53 Å². The number of hydrogen-bond donors (Lipinski definition) is 0. The van der Waals surface area contributed by atoms with Crippen LogP contribution in [0.4, 0.5) is 0 Å². The van der Waals surface area contributed by atoms with E-state index in [2.05, 4.69) is 13.8 Å². The molecule has 0 spiro atoms. The molecule has 0 radical (unpaired) electrons. The molecule has 0 saturated carbocycles. The van der Waals surface area contributed by atoms with Crippen LogP contribution in [0.3, 0.4) is 0 Å². The Labute approximate surface area is 81.7 Å². The van der Waals surface area contributed by atoms with Crippen molar-refractivity contribution < 1.29 is 9.53 Å². The highest BCUT2D eigenvalue weighted by atomic mass is 16.5. The van der Waals surface area contributed by atoms with Crippen molar-refractivity contribution in [1.82, 2.24) is 0 Å². The Morgan fingerprint density at radius 2 is 1.77 bits per heavy atom. The minimum absolute atomic E-state index is 0.0712. The van der Waals surface area contributed by atoms with E-state index in [9.17, 15) is 4.79 Å². The Balaban J connectivity index is 3.72. The van der Waals surface area contributed by atoms with Gasteiger partial charge in [0.15, 0.2) is 0 Å². The van der Waals surface area contributed by atoms with Crippen molar-refractivity contribution in [3.8, 4) is 0 Å². The number of carbonyl (C=O) groups excluding carboxylic acids is 1. The molecule has 0 N–H and O–H groups in total. The molecule has 78 valence electrons. The number of methoxy groups -OCH3 is 1. The Kier molecular flexibility index (Phi) is 6.87. The van der Waals surface area contributed by atoms with E-state index in [1.165, 1.54) is 0 Å². The van der Waals surface area contributed by atoms with Gasteiger partial charge in [-0.1, -0.05) is 26.7 Å². The van der Waals surface area contributed by atoms with Gasteiger partial charge in [0.05, 0.1) is 6.10 Å². The van der Waals surface area contributed by atoms with Crippen molar-refractivity contribution >= 4 is 5.78 Å². The molecule has 0 aromatic rings. The quantitative estimate of drug-likeness (QED) is 0.611. The van der Waals surface area contributed by atoms with Crippen LogP contribution in [0.2, 0.25) is 0 Å². The highest BCUT2D eigenvalue weighted by molar-refractivity contribution is 5.79. The molecule has 0 bridgehead atoms. The molecular weight excluding hydrogens is 164 g/mol. The lowest BCUT2D eigenvalue weighted by Crippen LogP contribution is -2.15. The van der Waals surface area contributed by atoms with Crippen LogP contribution >= 0.6 is 0 Å². The molecule has 2 heteroatoms. The van der Waals surface area contributed by atoms with E-state index in [0.717, 1.165) is 19.3 Å². The molecule has 0 saturated heterocycles. The largest absolute Gasteiger partial charge is 0.381 e. The van der Waals surface area contributed by atoms with Crippen molar-refractivity contribution in [2.45, 2.75) is 52.6 Å². The van der Waals surface area contributed by atoms with E-state index < -0.39 is 0 Å². The molecule has 1 unspecified atom stereocenters. The van der Waals surface area contributed by atoms with Crippen molar-refractivity contribution in [3.63, 3.8) is 0 Å². The van der Waals surface area contributed by atoms with E-state index in [4.69, 9.17) is 4.74 Å². The third-order valence-electron chi connectivity index (χ3n) is 2.59. The summed E-state index contributed by atoms with van der Waals surface area (Å²) in [5.41, 5.74) is 0. The monoisotopic (exact) mass is 186 g/mol. The lowest BCUT2D eigenvalue weighted by Gasteiger charge is -2.13. The summed E-state index contributed by atoms with van der Waals surface area (Å²) in [5, 5.41) is 0. The van der Waals surface area contributed by atoms with E-state index in [1.807, 2.05) is 6.92 Å². The van der Waals surface area contributed by atoms with E-state index in [-0.39, 0.29) is 6.10 Å². The van der Waals surface area contributed by atoms with Gasteiger partial charge in [-0.25, -0.2) is 0 Å². The summed E-state index contributed by atoms with van der Waals surface area (Å²) in [6, 6.07) is 0. The number of Topliss-reactive ketones (excluding diaryl/α,β-unsaturated/α-hetero) is 1. The summed E-state index contributed by atoms with van der Waals surface area (Å²) in [4.78, 5) is 11.5. The van der Waals surface area contributed by atoms with Crippen LogP contribution in [-0.4, -0.2) is 19.0 Å². The van der Waals surface area contributed by atoms with Crippen molar-refractivity contribution in [1.29, 1.82) is 0 Å². The maximum absolute atomic E-state index is 11.5. The molecule has 0 aliphatic heterocycles. The predicted molar refractivity (Wildman–Crippen MR) is 54.8 cm³/mol. The number of hydrogen-bond acceptors (Lipinski definition) is 2. The highest BCUT2D eigenvalue weighted by Crippen LogP contribution is 2.14. The summed E-state index contributed by atoms with van der Waals surface area (Å²) < 4.78 is 5.05. The molecule has 0 aliphatic rings. The lowest BCUT2D eigenvalue weighted by atomic mass is 9.95. The van der Waals surface area contributed by atoms with Gasteiger partial charge in [0.2, 0.25) is 0 Å². The summed E-state index contributed by atoms with van der Waals surface area (Å²) in [7, 11) is 1.65. The third-order valence-corrected chi connectivity index (χ3v) is 2.59. The zero-order chi connectivity index (χ0) is 10.3. The van der Waals surface area contributed by atoms with E-state index >= 15 is 0 Å². The second-order valence-corrected chi connectivity index (χ2v) is 3.68. The molecule has 0 amide bonds. The third kappa shape index (κ3) is 5.81. The van der Waals surface area contributed by atoms with Crippen LogP contribution in [0.5, 0.6) is 0 Å². The number of rotatable bonds is 7. The van der Waals surface area contributed by atoms with E-state index in [0.29, 0.717) is 18.1 Å². The minimum atomic E-state index is 0.0712. The van der Waals surface area contributed by atoms with Gasteiger partial charge in [0.1, 0.15) is 5.78 Å². The fraction of sp³-hybridized carbons (Fsp3) is 0.909. The van der Waals surface area contributed by atoms with Gasteiger partial charge in [-0.3, -0.25) is 4.79 Å². The Bertz CT molecular complexity index is 139. The fourth-order valence-electron chi connectivity index (χ4n) is 1.39. The molecule has 0 heterocycles. The maximum Gasteiger partial charge on any atom is 0.135 e. The first-order chi connectivity index (χ1) is 6.13. The van der Waals surface area contributed by atoms with Crippen LogP contribution in [0, 0.1) is 5.92 Å². The van der Waals surface area contributed by atoms with Gasteiger partial charge in [0, 0.05) is 20.0 Å². The van der Waals surface area contributed by atoms with Crippen LogP contribution < -0.4 is 0 Å². The van der Waals surface area contributed by atoms with Gasteiger partial charge < -0.3 is 4.74 Å². The first kappa shape index (κ1) is 12.6. The second kappa shape index (κ2) is 7.07. The minimum Gasteiger partial charge on any atom is -0.381 e. The normalized spacial score (nSPS) is 13.3. The van der Waals surface area contributed by atoms with Gasteiger partial charge in [-0.15, -0.1) is 0 Å². The van der Waals surface area contributed by atoms with E-state index in [1.54, 1.807) is 7.11 Å². The average Bonchev–Trinajstić information content (AvgIpc) is 2.13. The molecular formula is C11H22O2. The predicted octanol–water partition coefficient (Wildman–Crippen LogP) is 2.81. The smallest absolute Gasteiger partial charge is 0.135 e. The topological polar surface area (TPSA) is 26.3 Å². The maximum atomic E-state index is 11.5. The molecule has 0 rings (SSSR count). The van der Waals surface area contributed by atoms with Crippen LogP contribution in [0.15, 0.2) is 0 Å². The number of ketones is 1. The van der Waals surface area contributed by atoms with Gasteiger partial charge in [-0.05, 0) is 12.8 Å². The SMILES string of the molecule is CCC(CC)CC(=O)CC(C)OC. The number of ether oxygens (including phenoxy) is 1. The first-order valence-corrected chi connectivity index (χ1v) is 5.18. The average molecular weight is 186 g/mol. The number of carbonyl (C=O) groups is 1. The van der Waals surface area contributed by atoms with Crippen molar-refractivity contribution in [2.75, 3.05) is 7.11 Å². The summed E-state index contributed by atoms with van der Waals surface area (Å²) in [6.45, 7) is 6.22. The molecule has 0 aromatic heterocycles. The second-order valence-electron chi connectivity index (χ2n) is 3.68.